The van der Waals surface area contributed by atoms with Gasteiger partial charge >= 0.3 is 0 Å². The summed E-state index contributed by atoms with van der Waals surface area (Å²) in [5, 5.41) is 10.9. The van der Waals surface area contributed by atoms with E-state index >= 15 is 0 Å². The fraction of sp³-hybridized carbons (Fsp3) is 0.625. The zero-order valence-electron chi connectivity index (χ0n) is 12.1. The van der Waals surface area contributed by atoms with Crippen LogP contribution in [0.15, 0.2) is 30.3 Å². The smallest absolute Gasteiger partial charge is 0.0837 e. The molecule has 1 aliphatic rings. The predicted molar refractivity (Wildman–Crippen MR) is 78.7 cm³/mol. The molecule has 3 N–H and O–H groups in total. The molecule has 106 valence electrons. The summed E-state index contributed by atoms with van der Waals surface area (Å²) in [6.07, 6.45) is 1.88. The molecule has 3 nitrogen and oxygen atoms in total. The van der Waals surface area contributed by atoms with Crippen LogP contribution in [0.5, 0.6) is 0 Å². The lowest BCUT2D eigenvalue weighted by molar-refractivity contribution is -0.110. The summed E-state index contributed by atoms with van der Waals surface area (Å²) < 4.78 is 0. The Morgan fingerprint density at radius 3 is 2.63 bits per heavy atom. The average Bonchev–Trinajstić information content (AvgIpc) is 2.40. The molecule has 2 rings (SSSR count). The first-order chi connectivity index (χ1) is 8.97. The molecule has 0 aliphatic carbocycles. The quantitative estimate of drug-likeness (QED) is 0.872. The molecule has 1 fully saturated rings. The molecule has 1 aromatic rings. The van der Waals surface area contributed by atoms with Crippen molar-refractivity contribution < 1.29 is 5.11 Å². The summed E-state index contributed by atoms with van der Waals surface area (Å²) in [5.74, 6) is 0. The van der Waals surface area contributed by atoms with E-state index in [2.05, 4.69) is 43.0 Å². The fourth-order valence-electron chi connectivity index (χ4n) is 2.84. The zero-order valence-corrected chi connectivity index (χ0v) is 12.1. The van der Waals surface area contributed by atoms with E-state index in [9.17, 15) is 5.11 Å². The first-order valence-corrected chi connectivity index (χ1v) is 7.16. The standard InChI is InChI=1S/C16H26N2O/c1-15(2,12-17)16(19)9-6-10-18(13-16)11-14-7-4-3-5-8-14/h3-5,7-8,19H,6,9-13,17H2,1-2H3. The summed E-state index contributed by atoms with van der Waals surface area (Å²) >= 11 is 0. The number of rotatable bonds is 4. The van der Waals surface area contributed by atoms with Crippen molar-refractivity contribution in [1.82, 2.24) is 4.90 Å². The van der Waals surface area contributed by atoms with Gasteiger partial charge in [-0.15, -0.1) is 0 Å². The minimum atomic E-state index is -0.672. The van der Waals surface area contributed by atoms with E-state index in [-0.39, 0.29) is 5.41 Å². The molecule has 0 aromatic heterocycles. The van der Waals surface area contributed by atoms with Gasteiger partial charge in [0.1, 0.15) is 0 Å². The highest BCUT2D eigenvalue weighted by Gasteiger charge is 2.45. The van der Waals surface area contributed by atoms with Gasteiger partial charge in [0.15, 0.2) is 0 Å². The summed E-state index contributed by atoms with van der Waals surface area (Å²) in [6.45, 7) is 7.33. The number of hydrogen-bond acceptors (Lipinski definition) is 3. The highest BCUT2D eigenvalue weighted by atomic mass is 16.3. The van der Waals surface area contributed by atoms with Crippen molar-refractivity contribution in [3.63, 3.8) is 0 Å². The Morgan fingerprint density at radius 1 is 1.32 bits per heavy atom. The van der Waals surface area contributed by atoms with Crippen LogP contribution in [-0.4, -0.2) is 35.2 Å². The number of β-amino-alcohol motifs (C(OH)–C–C–N with tert-alkyl or cyclic N) is 1. The largest absolute Gasteiger partial charge is 0.388 e. The molecule has 1 heterocycles. The van der Waals surface area contributed by atoms with Crippen LogP contribution in [0.2, 0.25) is 0 Å². The van der Waals surface area contributed by atoms with Crippen molar-refractivity contribution in [2.45, 2.75) is 38.8 Å². The first kappa shape index (κ1) is 14.5. The van der Waals surface area contributed by atoms with Crippen molar-refractivity contribution >= 4 is 0 Å². The number of nitrogens with two attached hydrogens (primary N) is 1. The highest BCUT2D eigenvalue weighted by Crippen LogP contribution is 2.37. The lowest BCUT2D eigenvalue weighted by Gasteiger charge is -2.48. The fourth-order valence-corrected chi connectivity index (χ4v) is 2.84. The summed E-state index contributed by atoms with van der Waals surface area (Å²) in [5.41, 5.74) is 6.24. The number of hydrogen-bond donors (Lipinski definition) is 2. The molecule has 1 atom stereocenters. The van der Waals surface area contributed by atoms with E-state index in [1.807, 2.05) is 6.07 Å². The van der Waals surface area contributed by atoms with Crippen LogP contribution in [0.1, 0.15) is 32.3 Å². The maximum atomic E-state index is 10.9. The molecule has 0 bridgehead atoms. The Kier molecular flexibility index (Phi) is 4.29. The van der Waals surface area contributed by atoms with E-state index in [0.717, 1.165) is 25.9 Å². The second kappa shape index (κ2) is 5.61. The zero-order chi connectivity index (χ0) is 13.9. The molecular formula is C16H26N2O. The molecule has 3 heteroatoms. The summed E-state index contributed by atoms with van der Waals surface area (Å²) in [7, 11) is 0. The van der Waals surface area contributed by atoms with Gasteiger partial charge in [0.25, 0.3) is 0 Å². The minimum Gasteiger partial charge on any atom is -0.388 e. The normalized spacial score (nSPS) is 25.5. The lowest BCUT2D eigenvalue weighted by atomic mass is 9.70. The Hall–Kier alpha value is -0.900. The topological polar surface area (TPSA) is 49.5 Å². The monoisotopic (exact) mass is 262 g/mol. The molecular weight excluding hydrogens is 236 g/mol. The van der Waals surface area contributed by atoms with Crippen molar-refractivity contribution in [2.24, 2.45) is 11.1 Å². The van der Waals surface area contributed by atoms with Crippen LogP contribution in [0.4, 0.5) is 0 Å². The number of piperidine rings is 1. The minimum absolute atomic E-state index is 0.234. The van der Waals surface area contributed by atoms with Crippen LogP contribution in [0, 0.1) is 5.41 Å². The van der Waals surface area contributed by atoms with Crippen molar-refractivity contribution in [1.29, 1.82) is 0 Å². The van der Waals surface area contributed by atoms with Gasteiger partial charge in [-0.05, 0) is 24.9 Å². The Morgan fingerprint density at radius 2 is 2.00 bits per heavy atom. The molecule has 1 unspecified atom stereocenters. The third kappa shape index (κ3) is 3.16. The van der Waals surface area contributed by atoms with Crippen molar-refractivity contribution in [3.05, 3.63) is 35.9 Å². The van der Waals surface area contributed by atoms with E-state index in [1.165, 1.54) is 5.56 Å². The maximum absolute atomic E-state index is 10.9. The van der Waals surface area contributed by atoms with Gasteiger partial charge in [0.05, 0.1) is 5.60 Å². The van der Waals surface area contributed by atoms with Gasteiger partial charge in [-0.1, -0.05) is 44.2 Å². The molecule has 19 heavy (non-hydrogen) atoms. The second-order valence-corrected chi connectivity index (χ2v) is 6.42. The molecule has 0 spiro atoms. The van der Waals surface area contributed by atoms with E-state index < -0.39 is 5.60 Å². The maximum Gasteiger partial charge on any atom is 0.0837 e. The van der Waals surface area contributed by atoms with E-state index in [4.69, 9.17) is 5.73 Å². The molecule has 0 radical (unpaired) electrons. The van der Waals surface area contributed by atoms with Crippen LogP contribution in [0.3, 0.4) is 0 Å². The van der Waals surface area contributed by atoms with E-state index in [0.29, 0.717) is 13.1 Å². The van der Waals surface area contributed by atoms with Gasteiger partial charge < -0.3 is 10.8 Å². The summed E-state index contributed by atoms with van der Waals surface area (Å²) in [6, 6.07) is 10.4. The van der Waals surface area contributed by atoms with E-state index in [1.54, 1.807) is 0 Å². The van der Waals surface area contributed by atoms with Crippen LogP contribution >= 0.6 is 0 Å². The molecule has 1 aliphatic heterocycles. The number of nitrogens with zero attached hydrogens (tertiary/aromatic N) is 1. The average molecular weight is 262 g/mol. The van der Waals surface area contributed by atoms with Gasteiger partial charge in [-0.3, -0.25) is 4.90 Å². The third-order valence-electron chi connectivity index (χ3n) is 4.57. The highest BCUT2D eigenvalue weighted by molar-refractivity contribution is 5.15. The third-order valence-corrected chi connectivity index (χ3v) is 4.57. The molecule has 0 amide bonds. The van der Waals surface area contributed by atoms with Crippen LogP contribution in [-0.2, 0) is 6.54 Å². The van der Waals surface area contributed by atoms with Gasteiger partial charge in [-0.2, -0.15) is 0 Å². The van der Waals surface area contributed by atoms with Crippen molar-refractivity contribution in [3.8, 4) is 0 Å². The van der Waals surface area contributed by atoms with Crippen molar-refractivity contribution in [2.75, 3.05) is 19.6 Å². The summed E-state index contributed by atoms with van der Waals surface area (Å²) in [4.78, 5) is 2.34. The molecule has 0 saturated carbocycles. The number of likely N-dealkylation sites (tertiary alicyclic amines) is 1. The SMILES string of the molecule is CC(C)(CN)C1(O)CCCN(Cc2ccccc2)C1. The molecule has 1 aromatic carbocycles. The van der Waals surface area contributed by atoms with Gasteiger partial charge in [-0.25, -0.2) is 0 Å². The first-order valence-electron chi connectivity index (χ1n) is 7.16. The predicted octanol–water partition coefficient (Wildman–Crippen LogP) is 2.00. The molecule has 1 saturated heterocycles. The lowest BCUT2D eigenvalue weighted by Crippen LogP contribution is -2.58. The number of aliphatic hydroxyl groups is 1. The second-order valence-electron chi connectivity index (χ2n) is 6.42. The Labute approximate surface area is 116 Å². The van der Waals surface area contributed by atoms with Gasteiger partial charge in [0.2, 0.25) is 0 Å². The number of benzene rings is 1. The van der Waals surface area contributed by atoms with Crippen LogP contribution in [0.25, 0.3) is 0 Å². The van der Waals surface area contributed by atoms with Gasteiger partial charge in [0, 0.05) is 25.0 Å². The Bertz CT molecular complexity index is 404. The Balaban J connectivity index is 2.05. The van der Waals surface area contributed by atoms with Crippen LogP contribution < -0.4 is 5.73 Å².